The number of benzene rings is 1. The van der Waals surface area contributed by atoms with Gasteiger partial charge in [0, 0.05) is 31.4 Å². The largest absolute Gasteiger partial charge is 0.371 e. The molecule has 2 heteroatoms. The molecule has 1 aliphatic carbocycles. The van der Waals surface area contributed by atoms with Crippen LogP contribution in [0.5, 0.6) is 0 Å². The molecular weight excluding hydrogens is 220 g/mol. The van der Waals surface area contributed by atoms with E-state index in [4.69, 9.17) is 0 Å². The van der Waals surface area contributed by atoms with Gasteiger partial charge >= 0.3 is 0 Å². The Morgan fingerprint density at radius 1 is 1.06 bits per heavy atom. The van der Waals surface area contributed by atoms with Gasteiger partial charge in [-0.3, -0.25) is 0 Å². The molecule has 2 nitrogen and oxygen atoms in total. The highest BCUT2D eigenvalue weighted by molar-refractivity contribution is 5.54. The van der Waals surface area contributed by atoms with Crippen LogP contribution in [-0.4, -0.2) is 19.1 Å². The first kappa shape index (κ1) is 11.8. The van der Waals surface area contributed by atoms with Gasteiger partial charge in [0.2, 0.25) is 0 Å². The van der Waals surface area contributed by atoms with Crippen LogP contribution in [-0.2, 0) is 6.54 Å². The maximum Gasteiger partial charge on any atom is 0.0411 e. The average molecular weight is 242 g/mol. The lowest BCUT2D eigenvalue weighted by Gasteiger charge is -2.22. The molecule has 1 fully saturated rings. The SMILES string of the molecule is C1=CCC(NCc2ccccc2N2CCCC2)C1. The van der Waals surface area contributed by atoms with Gasteiger partial charge in [0.25, 0.3) is 0 Å². The Hall–Kier alpha value is -1.28. The predicted molar refractivity (Wildman–Crippen MR) is 76.9 cm³/mol. The van der Waals surface area contributed by atoms with Crippen molar-refractivity contribution in [3.05, 3.63) is 42.0 Å². The minimum atomic E-state index is 0.650. The van der Waals surface area contributed by atoms with Crippen molar-refractivity contribution < 1.29 is 0 Å². The Balaban J connectivity index is 1.66. The van der Waals surface area contributed by atoms with Gasteiger partial charge in [-0.15, -0.1) is 0 Å². The Bertz CT molecular complexity index is 411. The van der Waals surface area contributed by atoms with Gasteiger partial charge in [-0.25, -0.2) is 0 Å². The molecule has 96 valence electrons. The first-order valence-electron chi connectivity index (χ1n) is 7.15. The summed E-state index contributed by atoms with van der Waals surface area (Å²) in [5, 5.41) is 3.67. The van der Waals surface area contributed by atoms with E-state index in [1.54, 1.807) is 0 Å². The molecule has 1 N–H and O–H groups in total. The summed E-state index contributed by atoms with van der Waals surface area (Å²) in [4.78, 5) is 2.53. The smallest absolute Gasteiger partial charge is 0.0411 e. The van der Waals surface area contributed by atoms with E-state index < -0.39 is 0 Å². The monoisotopic (exact) mass is 242 g/mol. The summed E-state index contributed by atoms with van der Waals surface area (Å²) < 4.78 is 0. The number of anilines is 1. The van der Waals surface area contributed by atoms with Crippen molar-refractivity contribution in [2.75, 3.05) is 18.0 Å². The number of nitrogens with zero attached hydrogens (tertiary/aromatic N) is 1. The Kier molecular flexibility index (Phi) is 3.65. The fourth-order valence-electron chi connectivity index (χ4n) is 2.97. The van der Waals surface area contributed by atoms with Crippen LogP contribution >= 0.6 is 0 Å². The van der Waals surface area contributed by atoms with Crippen LogP contribution in [0, 0.1) is 0 Å². The molecule has 1 aliphatic heterocycles. The van der Waals surface area contributed by atoms with Crippen LogP contribution < -0.4 is 10.2 Å². The molecule has 1 aromatic carbocycles. The summed E-state index contributed by atoms with van der Waals surface area (Å²) in [6, 6.07) is 9.51. The molecule has 0 saturated carbocycles. The molecule has 1 saturated heterocycles. The third kappa shape index (κ3) is 2.59. The van der Waals surface area contributed by atoms with Crippen LogP contribution in [0.3, 0.4) is 0 Å². The van der Waals surface area contributed by atoms with Gasteiger partial charge in [0.1, 0.15) is 0 Å². The molecule has 1 heterocycles. The summed E-state index contributed by atoms with van der Waals surface area (Å²) in [6.07, 6.45) is 9.62. The average Bonchev–Trinajstić information content (AvgIpc) is 3.10. The molecule has 0 spiro atoms. The molecule has 0 unspecified atom stereocenters. The van der Waals surface area contributed by atoms with Gasteiger partial charge in [-0.2, -0.15) is 0 Å². The van der Waals surface area contributed by atoms with E-state index >= 15 is 0 Å². The maximum atomic E-state index is 3.67. The quantitative estimate of drug-likeness (QED) is 0.816. The summed E-state index contributed by atoms with van der Waals surface area (Å²) in [5.74, 6) is 0. The van der Waals surface area contributed by atoms with Crippen molar-refractivity contribution in [1.82, 2.24) is 5.32 Å². The Morgan fingerprint density at radius 2 is 1.78 bits per heavy atom. The van der Waals surface area contributed by atoms with Crippen molar-refractivity contribution in [2.24, 2.45) is 0 Å². The summed E-state index contributed by atoms with van der Waals surface area (Å²) >= 11 is 0. The molecule has 2 aliphatic rings. The third-order valence-electron chi connectivity index (χ3n) is 4.03. The second kappa shape index (κ2) is 5.57. The lowest BCUT2D eigenvalue weighted by atomic mass is 10.1. The van der Waals surface area contributed by atoms with Crippen LogP contribution in [0.4, 0.5) is 5.69 Å². The molecule has 18 heavy (non-hydrogen) atoms. The fourth-order valence-corrected chi connectivity index (χ4v) is 2.97. The van der Waals surface area contributed by atoms with Gasteiger partial charge in [-0.1, -0.05) is 30.4 Å². The highest BCUT2D eigenvalue weighted by atomic mass is 15.1. The van der Waals surface area contributed by atoms with Gasteiger partial charge in [0.15, 0.2) is 0 Å². The van der Waals surface area contributed by atoms with Crippen LogP contribution in [0.15, 0.2) is 36.4 Å². The summed E-state index contributed by atoms with van der Waals surface area (Å²) in [5.41, 5.74) is 2.89. The van der Waals surface area contributed by atoms with Gasteiger partial charge < -0.3 is 10.2 Å². The van der Waals surface area contributed by atoms with E-state index in [9.17, 15) is 0 Å². The topological polar surface area (TPSA) is 15.3 Å². The second-order valence-corrected chi connectivity index (χ2v) is 5.34. The minimum Gasteiger partial charge on any atom is -0.371 e. The zero-order valence-electron chi connectivity index (χ0n) is 10.9. The molecule has 0 amide bonds. The standard InChI is InChI=1S/C16H22N2/c1-4-10-16(18-11-5-6-12-18)14(7-1)13-17-15-8-2-3-9-15/h1-4,7,10,15,17H,5-6,8-9,11-13H2. The van der Waals surface area contributed by atoms with Crippen molar-refractivity contribution in [3.63, 3.8) is 0 Å². The normalized spacial score (nSPS) is 19.9. The zero-order valence-corrected chi connectivity index (χ0v) is 10.9. The molecule has 1 aromatic rings. The highest BCUT2D eigenvalue weighted by Crippen LogP contribution is 2.24. The van der Waals surface area contributed by atoms with Crippen LogP contribution in [0.2, 0.25) is 0 Å². The zero-order chi connectivity index (χ0) is 12.2. The first-order chi connectivity index (χ1) is 8.93. The Morgan fingerprint density at radius 3 is 2.56 bits per heavy atom. The summed E-state index contributed by atoms with van der Waals surface area (Å²) in [7, 11) is 0. The van der Waals surface area contributed by atoms with Crippen molar-refractivity contribution in [1.29, 1.82) is 0 Å². The van der Waals surface area contributed by atoms with E-state index in [2.05, 4.69) is 46.6 Å². The summed E-state index contributed by atoms with van der Waals surface area (Å²) in [6.45, 7) is 3.45. The molecule has 0 radical (unpaired) electrons. The van der Waals surface area contributed by atoms with Crippen LogP contribution in [0.1, 0.15) is 31.2 Å². The van der Waals surface area contributed by atoms with E-state index in [-0.39, 0.29) is 0 Å². The van der Waals surface area contributed by atoms with Crippen molar-refractivity contribution >= 4 is 5.69 Å². The first-order valence-corrected chi connectivity index (χ1v) is 7.15. The minimum absolute atomic E-state index is 0.650. The molecule has 0 atom stereocenters. The fraction of sp³-hybridized carbons (Fsp3) is 0.500. The van der Waals surface area contributed by atoms with Crippen molar-refractivity contribution in [3.8, 4) is 0 Å². The number of hydrogen-bond acceptors (Lipinski definition) is 2. The second-order valence-electron chi connectivity index (χ2n) is 5.34. The number of hydrogen-bond donors (Lipinski definition) is 1. The van der Waals surface area contributed by atoms with E-state index in [0.29, 0.717) is 6.04 Å². The van der Waals surface area contributed by atoms with Gasteiger partial charge in [0.05, 0.1) is 0 Å². The lowest BCUT2D eigenvalue weighted by molar-refractivity contribution is 0.538. The van der Waals surface area contributed by atoms with E-state index in [1.807, 2.05) is 0 Å². The van der Waals surface area contributed by atoms with Crippen LogP contribution in [0.25, 0.3) is 0 Å². The number of rotatable bonds is 4. The third-order valence-corrected chi connectivity index (χ3v) is 4.03. The molecule has 3 rings (SSSR count). The molecule has 0 bridgehead atoms. The Labute approximate surface area is 110 Å². The van der Waals surface area contributed by atoms with Crippen molar-refractivity contribution in [2.45, 2.75) is 38.3 Å². The molecular formula is C16H22N2. The predicted octanol–water partition coefficient (Wildman–Crippen LogP) is 3.10. The lowest BCUT2D eigenvalue weighted by Crippen LogP contribution is -2.27. The molecule has 0 aromatic heterocycles. The number of para-hydroxylation sites is 1. The maximum absolute atomic E-state index is 3.67. The number of nitrogens with one attached hydrogen (secondary N) is 1. The van der Waals surface area contributed by atoms with E-state index in [1.165, 1.54) is 50.0 Å². The highest BCUT2D eigenvalue weighted by Gasteiger charge is 2.16. The van der Waals surface area contributed by atoms with Gasteiger partial charge in [-0.05, 0) is 37.3 Å². The van der Waals surface area contributed by atoms with E-state index in [0.717, 1.165) is 6.54 Å².